The molecule has 0 saturated carbocycles. The summed E-state index contributed by atoms with van der Waals surface area (Å²) in [6.45, 7) is 1.70. The molecule has 1 amide bonds. The molecule has 8 nitrogen and oxygen atoms in total. The molecule has 0 aliphatic carbocycles. The van der Waals surface area contributed by atoms with Gasteiger partial charge < -0.3 is 10.4 Å². The van der Waals surface area contributed by atoms with Gasteiger partial charge in [-0.1, -0.05) is 18.5 Å². The fourth-order valence-corrected chi connectivity index (χ4v) is 1.68. The first-order valence-corrected chi connectivity index (χ1v) is 6.05. The van der Waals surface area contributed by atoms with Crippen LogP contribution in [0.1, 0.15) is 30.1 Å². The van der Waals surface area contributed by atoms with Gasteiger partial charge in [0, 0.05) is 6.04 Å². The molecule has 0 bridgehead atoms. The third kappa shape index (κ3) is 4.16. The van der Waals surface area contributed by atoms with E-state index in [1.165, 1.54) is 0 Å². The number of nitro groups is 1. The molecule has 0 spiro atoms. The number of amides is 1. The van der Waals surface area contributed by atoms with Crippen molar-refractivity contribution in [1.82, 2.24) is 10.3 Å². The molecule has 108 valence electrons. The second kappa shape index (κ2) is 6.80. The number of aliphatic carboxylic acids is 1. The summed E-state index contributed by atoms with van der Waals surface area (Å²) in [5, 5.41) is 21.9. The summed E-state index contributed by atoms with van der Waals surface area (Å²) < 4.78 is 0. The number of halogens is 1. The van der Waals surface area contributed by atoms with Crippen LogP contribution < -0.4 is 5.32 Å². The van der Waals surface area contributed by atoms with Crippen LogP contribution in [0.15, 0.2) is 12.3 Å². The van der Waals surface area contributed by atoms with Crippen LogP contribution in [-0.4, -0.2) is 32.9 Å². The number of nitrogens with one attached hydrogen (secondary N) is 1. The average Bonchev–Trinajstić information content (AvgIpc) is 2.36. The van der Waals surface area contributed by atoms with Gasteiger partial charge in [0.15, 0.2) is 0 Å². The summed E-state index contributed by atoms with van der Waals surface area (Å²) in [4.78, 5) is 36.2. The van der Waals surface area contributed by atoms with Crippen LogP contribution >= 0.6 is 11.6 Å². The highest BCUT2D eigenvalue weighted by Gasteiger charge is 2.23. The molecule has 1 atom stereocenters. The minimum atomic E-state index is -1.07. The van der Waals surface area contributed by atoms with E-state index >= 15 is 0 Å². The molecule has 20 heavy (non-hydrogen) atoms. The Morgan fingerprint density at radius 2 is 2.25 bits per heavy atom. The van der Waals surface area contributed by atoms with E-state index in [0.29, 0.717) is 6.42 Å². The van der Waals surface area contributed by atoms with Crippen LogP contribution in [0.5, 0.6) is 0 Å². The van der Waals surface area contributed by atoms with Gasteiger partial charge in [-0.2, -0.15) is 0 Å². The molecule has 0 radical (unpaired) electrons. The van der Waals surface area contributed by atoms with Crippen molar-refractivity contribution in [1.29, 1.82) is 0 Å². The van der Waals surface area contributed by atoms with E-state index in [2.05, 4.69) is 10.3 Å². The predicted molar refractivity (Wildman–Crippen MR) is 69.7 cm³/mol. The number of rotatable bonds is 6. The molecule has 1 aromatic rings. The van der Waals surface area contributed by atoms with Gasteiger partial charge in [-0.05, 0) is 12.5 Å². The second-order valence-corrected chi connectivity index (χ2v) is 4.35. The lowest BCUT2D eigenvalue weighted by Crippen LogP contribution is -2.36. The fourth-order valence-electron chi connectivity index (χ4n) is 1.52. The lowest BCUT2D eigenvalue weighted by atomic mass is 10.1. The van der Waals surface area contributed by atoms with Gasteiger partial charge in [-0.25, -0.2) is 4.98 Å². The fraction of sp³-hybridized carbons (Fsp3) is 0.364. The maximum atomic E-state index is 12.0. The van der Waals surface area contributed by atoms with Crippen molar-refractivity contribution >= 4 is 29.2 Å². The van der Waals surface area contributed by atoms with Crippen molar-refractivity contribution in [2.24, 2.45) is 0 Å². The normalized spacial score (nSPS) is 11.7. The number of carboxylic acid groups (broad SMARTS) is 1. The number of hydrogen-bond acceptors (Lipinski definition) is 5. The van der Waals surface area contributed by atoms with Crippen molar-refractivity contribution < 1.29 is 19.6 Å². The Kier molecular flexibility index (Phi) is 5.39. The molecule has 0 fully saturated rings. The SMILES string of the molecule is CCC(CC(=O)O)NC(=O)c1cc(Cl)ncc1[N+](=O)[O-]. The van der Waals surface area contributed by atoms with Crippen LogP contribution in [-0.2, 0) is 4.79 Å². The molecule has 0 aliphatic heterocycles. The first kappa shape index (κ1) is 15.8. The minimum Gasteiger partial charge on any atom is -0.481 e. The van der Waals surface area contributed by atoms with Gasteiger partial charge in [0.1, 0.15) is 16.9 Å². The predicted octanol–water partition coefficient (Wildman–Crippen LogP) is 1.63. The summed E-state index contributed by atoms with van der Waals surface area (Å²) in [6, 6.07) is 0.453. The largest absolute Gasteiger partial charge is 0.481 e. The van der Waals surface area contributed by atoms with Gasteiger partial charge in [-0.3, -0.25) is 19.7 Å². The van der Waals surface area contributed by atoms with E-state index < -0.39 is 28.5 Å². The lowest BCUT2D eigenvalue weighted by Gasteiger charge is -2.14. The van der Waals surface area contributed by atoms with E-state index in [1.54, 1.807) is 6.92 Å². The van der Waals surface area contributed by atoms with Gasteiger partial charge in [0.05, 0.1) is 11.3 Å². The highest BCUT2D eigenvalue weighted by Crippen LogP contribution is 2.20. The minimum absolute atomic E-state index is 0.0629. The first-order valence-electron chi connectivity index (χ1n) is 5.67. The Morgan fingerprint density at radius 3 is 2.75 bits per heavy atom. The van der Waals surface area contributed by atoms with Crippen LogP contribution in [0.4, 0.5) is 5.69 Å². The van der Waals surface area contributed by atoms with Crippen molar-refractivity contribution in [3.8, 4) is 0 Å². The summed E-state index contributed by atoms with van der Waals surface area (Å²) in [7, 11) is 0. The van der Waals surface area contributed by atoms with Gasteiger partial charge >= 0.3 is 5.97 Å². The number of aromatic nitrogens is 1. The van der Waals surface area contributed by atoms with E-state index in [0.717, 1.165) is 12.3 Å². The quantitative estimate of drug-likeness (QED) is 0.467. The van der Waals surface area contributed by atoms with Crippen molar-refractivity contribution in [3.63, 3.8) is 0 Å². The molecule has 0 aromatic carbocycles. The molecule has 2 N–H and O–H groups in total. The van der Waals surface area contributed by atoms with Crippen molar-refractivity contribution in [3.05, 3.63) is 33.1 Å². The summed E-state index contributed by atoms with van der Waals surface area (Å²) >= 11 is 5.61. The monoisotopic (exact) mass is 301 g/mol. The van der Waals surface area contributed by atoms with Gasteiger partial charge in [0.25, 0.3) is 11.6 Å². The highest BCUT2D eigenvalue weighted by atomic mass is 35.5. The molecular formula is C11H12ClN3O5. The van der Waals surface area contributed by atoms with Gasteiger partial charge in [-0.15, -0.1) is 0 Å². The van der Waals surface area contributed by atoms with E-state index in [4.69, 9.17) is 16.7 Å². The zero-order chi connectivity index (χ0) is 15.3. The zero-order valence-corrected chi connectivity index (χ0v) is 11.3. The maximum absolute atomic E-state index is 12.0. The molecule has 0 aliphatic rings. The molecule has 1 unspecified atom stereocenters. The van der Waals surface area contributed by atoms with Crippen molar-refractivity contribution in [2.75, 3.05) is 0 Å². The smallest absolute Gasteiger partial charge is 0.305 e. The maximum Gasteiger partial charge on any atom is 0.305 e. The summed E-state index contributed by atoms with van der Waals surface area (Å²) in [5.41, 5.74) is -0.740. The number of carbonyl (C=O) groups excluding carboxylic acids is 1. The zero-order valence-electron chi connectivity index (χ0n) is 10.5. The highest BCUT2D eigenvalue weighted by molar-refractivity contribution is 6.29. The third-order valence-corrected chi connectivity index (χ3v) is 2.75. The molecular weight excluding hydrogens is 290 g/mol. The van der Waals surface area contributed by atoms with E-state index in [-0.39, 0.29) is 17.1 Å². The topological polar surface area (TPSA) is 122 Å². The second-order valence-electron chi connectivity index (χ2n) is 3.96. The van der Waals surface area contributed by atoms with Crippen LogP contribution in [0, 0.1) is 10.1 Å². The van der Waals surface area contributed by atoms with Crippen LogP contribution in [0.3, 0.4) is 0 Å². The Balaban J connectivity index is 2.99. The van der Waals surface area contributed by atoms with Crippen LogP contribution in [0.2, 0.25) is 5.15 Å². The number of hydrogen-bond donors (Lipinski definition) is 2. The Hall–Kier alpha value is -2.22. The number of carboxylic acids is 1. The number of pyridine rings is 1. The third-order valence-electron chi connectivity index (χ3n) is 2.54. The molecule has 1 aromatic heterocycles. The summed E-state index contributed by atoms with van der Waals surface area (Å²) in [5.74, 6) is -1.83. The lowest BCUT2D eigenvalue weighted by molar-refractivity contribution is -0.385. The van der Waals surface area contributed by atoms with Crippen LogP contribution in [0.25, 0.3) is 0 Å². The number of nitrogens with zero attached hydrogens (tertiary/aromatic N) is 2. The van der Waals surface area contributed by atoms with Gasteiger partial charge in [0.2, 0.25) is 0 Å². The average molecular weight is 302 g/mol. The molecule has 9 heteroatoms. The van der Waals surface area contributed by atoms with E-state index in [9.17, 15) is 19.7 Å². The van der Waals surface area contributed by atoms with E-state index in [1.807, 2.05) is 0 Å². The molecule has 1 rings (SSSR count). The standard InChI is InChI=1S/C11H12ClN3O5/c1-2-6(3-10(16)17)14-11(18)7-4-9(12)13-5-8(7)15(19)20/h4-6H,2-3H2,1H3,(H,14,18)(H,16,17). The molecule has 1 heterocycles. The first-order chi connectivity index (χ1) is 9.35. The Bertz CT molecular complexity index is 549. The van der Waals surface area contributed by atoms with Crippen molar-refractivity contribution in [2.45, 2.75) is 25.8 Å². The Morgan fingerprint density at radius 1 is 1.60 bits per heavy atom. The number of carbonyl (C=O) groups is 2. The summed E-state index contributed by atoms with van der Waals surface area (Å²) in [6.07, 6.45) is 0.995. The Labute approximate surface area is 118 Å². The molecule has 0 saturated heterocycles.